The van der Waals surface area contributed by atoms with E-state index in [0.717, 1.165) is 0 Å². The maximum atomic E-state index is 6.42. The van der Waals surface area contributed by atoms with E-state index in [0.29, 0.717) is 0 Å². The molecule has 0 fully saturated rings. The van der Waals surface area contributed by atoms with Crippen molar-refractivity contribution in [2.24, 2.45) is 0 Å². The molecule has 0 aliphatic heterocycles. The molecule has 0 aromatic heterocycles. The lowest BCUT2D eigenvalue weighted by Gasteiger charge is -2.15. The molecule has 0 aliphatic rings. The van der Waals surface area contributed by atoms with Gasteiger partial charge >= 0.3 is 0 Å². The second-order valence-corrected chi connectivity index (χ2v) is 16.1. The van der Waals surface area contributed by atoms with Gasteiger partial charge in [-0.1, -0.05) is 61.3 Å². The Kier molecular flexibility index (Phi) is 7.48. The Balaban J connectivity index is 3.43. The van der Waals surface area contributed by atoms with Crippen LogP contribution in [-0.2, 0) is 0 Å². The van der Waals surface area contributed by atoms with Gasteiger partial charge in [-0.15, -0.1) is 0 Å². The van der Waals surface area contributed by atoms with E-state index in [2.05, 4.69) is 35.6 Å². The van der Waals surface area contributed by atoms with Crippen molar-refractivity contribution in [3.8, 4) is 0 Å². The molecule has 0 spiro atoms. The molecule has 0 heterocycles. The van der Waals surface area contributed by atoms with Crippen LogP contribution in [0, 0.1) is 0 Å². The van der Waals surface area contributed by atoms with E-state index in [9.17, 15) is 0 Å². The summed E-state index contributed by atoms with van der Waals surface area (Å²) in [7, 11) is 0. The lowest BCUT2D eigenvalue weighted by molar-refractivity contribution is 0.847. The molecule has 0 saturated heterocycles. The van der Waals surface area contributed by atoms with Gasteiger partial charge in [-0.05, 0) is 12.1 Å². The van der Waals surface area contributed by atoms with Gasteiger partial charge in [0, 0.05) is 0 Å². The van der Waals surface area contributed by atoms with Gasteiger partial charge in [-0.3, -0.25) is 0 Å². The van der Waals surface area contributed by atoms with Crippen molar-refractivity contribution >= 4 is 37.8 Å². The predicted molar refractivity (Wildman–Crippen MR) is 65.1 cm³/mol. The van der Waals surface area contributed by atoms with Crippen LogP contribution in [-0.4, -0.2) is 4.88 Å². The lowest BCUT2D eigenvalue weighted by atomic mass is 10.4. The standard InChI is InChI=1S/C8H18ClISi/c1-3-5-7-11(9,10)8-6-4-2/h3-8H2,1-2H3. The number of rotatable bonds is 6. The van der Waals surface area contributed by atoms with E-state index in [-0.39, 0.29) is 0 Å². The topological polar surface area (TPSA) is 0 Å². The number of halogens is 2. The molecule has 0 bridgehead atoms. The first-order valence-corrected chi connectivity index (χ1v) is 11.0. The van der Waals surface area contributed by atoms with E-state index in [1.807, 2.05) is 0 Å². The molecule has 0 aromatic rings. The van der Waals surface area contributed by atoms with Crippen LogP contribution >= 0.6 is 32.9 Å². The smallest absolute Gasteiger partial charge is 0.153 e. The summed E-state index contributed by atoms with van der Waals surface area (Å²) in [6.45, 7) is 4.47. The second-order valence-electron chi connectivity index (χ2n) is 3.06. The first-order valence-electron chi connectivity index (χ1n) is 4.50. The third-order valence-corrected chi connectivity index (χ3v) is 8.33. The Morgan fingerprint density at radius 3 is 1.73 bits per heavy atom. The molecule has 11 heavy (non-hydrogen) atoms. The minimum absolute atomic E-state index is 1.29. The van der Waals surface area contributed by atoms with Crippen molar-refractivity contribution in [3.05, 3.63) is 0 Å². The fourth-order valence-electron chi connectivity index (χ4n) is 0.996. The van der Waals surface area contributed by atoms with Crippen LogP contribution in [0.3, 0.4) is 0 Å². The normalized spacial score (nSPS) is 12.0. The highest BCUT2D eigenvalue weighted by Gasteiger charge is 2.24. The Hall–Kier alpha value is 1.24. The third-order valence-electron chi connectivity index (χ3n) is 1.79. The van der Waals surface area contributed by atoms with Crippen LogP contribution < -0.4 is 0 Å². The van der Waals surface area contributed by atoms with Crippen molar-refractivity contribution < 1.29 is 0 Å². The summed E-state index contributed by atoms with van der Waals surface area (Å²) in [5.74, 6) is 0. The molecular weight excluding hydrogens is 287 g/mol. The second kappa shape index (κ2) is 6.72. The molecular formula is C8H18ClISi. The molecule has 0 rings (SSSR count). The van der Waals surface area contributed by atoms with Crippen LogP contribution in [0.5, 0.6) is 0 Å². The van der Waals surface area contributed by atoms with Crippen LogP contribution in [0.25, 0.3) is 0 Å². The highest BCUT2D eigenvalue weighted by molar-refractivity contribution is 14.1. The average Bonchev–Trinajstić information content (AvgIpc) is 1.97. The van der Waals surface area contributed by atoms with Crippen LogP contribution in [0.15, 0.2) is 0 Å². The average molecular weight is 305 g/mol. The molecule has 0 unspecified atom stereocenters. The molecule has 0 aliphatic carbocycles. The summed E-state index contributed by atoms with van der Waals surface area (Å²) in [6.07, 6.45) is 5.22. The molecule has 0 nitrogen and oxygen atoms in total. The van der Waals surface area contributed by atoms with Gasteiger partial charge in [-0.25, -0.2) is 0 Å². The van der Waals surface area contributed by atoms with Crippen molar-refractivity contribution in [2.45, 2.75) is 51.6 Å². The van der Waals surface area contributed by atoms with E-state index in [1.54, 1.807) is 0 Å². The minimum Gasteiger partial charge on any atom is -0.153 e. The van der Waals surface area contributed by atoms with E-state index in [4.69, 9.17) is 11.1 Å². The minimum atomic E-state index is -1.30. The molecule has 68 valence electrons. The number of hydrogen-bond donors (Lipinski definition) is 0. The number of unbranched alkanes of at least 4 members (excludes halogenated alkanes) is 2. The Labute approximate surface area is 89.0 Å². The molecule has 0 saturated carbocycles. The first-order chi connectivity index (χ1) is 5.12. The largest absolute Gasteiger partial charge is 0.221 e. The van der Waals surface area contributed by atoms with Gasteiger partial charge < -0.3 is 0 Å². The first kappa shape index (κ1) is 12.2. The summed E-state index contributed by atoms with van der Waals surface area (Å²) in [4.78, 5) is -1.30. The Morgan fingerprint density at radius 1 is 1.09 bits per heavy atom. The van der Waals surface area contributed by atoms with Crippen LogP contribution in [0.4, 0.5) is 0 Å². The summed E-state index contributed by atoms with van der Waals surface area (Å²) in [5, 5.41) is 0. The summed E-state index contributed by atoms with van der Waals surface area (Å²) in [5.41, 5.74) is 0. The predicted octanol–water partition coefficient (Wildman–Crippen LogP) is 4.70. The summed E-state index contributed by atoms with van der Waals surface area (Å²) >= 11 is 8.95. The highest BCUT2D eigenvalue weighted by Crippen LogP contribution is 2.31. The highest BCUT2D eigenvalue weighted by atomic mass is 127. The molecule has 0 radical (unpaired) electrons. The molecule has 0 aromatic carbocycles. The van der Waals surface area contributed by atoms with E-state index in [1.165, 1.54) is 37.8 Å². The van der Waals surface area contributed by atoms with Gasteiger partial charge in [-0.2, -0.15) is 11.1 Å². The Bertz CT molecular complexity index is 86.1. The Morgan fingerprint density at radius 2 is 1.45 bits per heavy atom. The van der Waals surface area contributed by atoms with Crippen molar-refractivity contribution in [2.75, 3.05) is 0 Å². The molecule has 0 atom stereocenters. The fourth-order valence-corrected chi connectivity index (χ4v) is 6.08. The third kappa shape index (κ3) is 7.59. The van der Waals surface area contributed by atoms with Crippen LogP contribution in [0.2, 0.25) is 12.1 Å². The van der Waals surface area contributed by atoms with Gasteiger partial charge in [0.2, 0.25) is 4.88 Å². The SMILES string of the molecule is CCCC[Si](Cl)(I)CCCC. The molecule has 0 amide bonds. The zero-order valence-electron chi connectivity index (χ0n) is 7.50. The molecule has 0 N–H and O–H groups in total. The summed E-state index contributed by atoms with van der Waals surface area (Å²) < 4.78 is 0. The van der Waals surface area contributed by atoms with Crippen molar-refractivity contribution in [1.82, 2.24) is 0 Å². The van der Waals surface area contributed by atoms with Gasteiger partial charge in [0.15, 0.2) is 0 Å². The van der Waals surface area contributed by atoms with E-state index < -0.39 is 4.88 Å². The maximum absolute atomic E-state index is 6.42. The van der Waals surface area contributed by atoms with Gasteiger partial charge in [0.1, 0.15) is 0 Å². The zero-order valence-corrected chi connectivity index (χ0v) is 11.4. The van der Waals surface area contributed by atoms with Gasteiger partial charge in [0.25, 0.3) is 0 Å². The summed E-state index contributed by atoms with van der Waals surface area (Å²) in [6, 6.07) is 2.59. The van der Waals surface area contributed by atoms with Crippen molar-refractivity contribution in [3.63, 3.8) is 0 Å². The van der Waals surface area contributed by atoms with Crippen LogP contribution in [0.1, 0.15) is 39.5 Å². The maximum Gasteiger partial charge on any atom is 0.221 e. The van der Waals surface area contributed by atoms with E-state index >= 15 is 0 Å². The molecule has 3 heteroatoms. The fraction of sp³-hybridized carbons (Fsp3) is 1.00. The zero-order chi connectivity index (χ0) is 8.74. The quantitative estimate of drug-likeness (QED) is 0.379. The van der Waals surface area contributed by atoms with Crippen molar-refractivity contribution in [1.29, 1.82) is 0 Å². The lowest BCUT2D eigenvalue weighted by Crippen LogP contribution is -2.16. The number of hydrogen-bond acceptors (Lipinski definition) is 0. The monoisotopic (exact) mass is 304 g/mol. The van der Waals surface area contributed by atoms with Gasteiger partial charge in [0.05, 0.1) is 0 Å².